The Bertz CT molecular complexity index is 598. The van der Waals surface area contributed by atoms with Crippen molar-refractivity contribution in [2.75, 3.05) is 0 Å². The van der Waals surface area contributed by atoms with Gasteiger partial charge in [-0.1, -0.05) is 70.7 Å². The first kappa shape index (κ1) is 13.8. The minimum Gasteiger partial charge on any atom is -0.0843 e. The molecule has 92 valence electrons. The first-order chi connectivity index (χ1) is 8.58. The Morgan fingerprint density at radius 1 is 0.889 bits per heavy atom. The lowest BCUT2D eigenvalue weighted by Gasteiger charge is -2.09. The van der Waals surface area contributed by atoms with Crippen molar-refractivity contribution in [2.24, 2.45) is 0 Å². The summed E-state index contributed by atoms with van der Waals surface area (Å²) in [6.07, 6.45) is 1.66. The van der Waals surface area contributed by atoms with Gasteiger partial charge in [-0.3, -0.25) is 0 Å². The molecule has 2 rings (SSSR count). The Labute approximate surface area is 126 Å². The zero-order valence-corrected chi connectivity index (χ0v) is 12.2. The third kappa shape index (κ3) is 3.21. The van der Waals surface area contributed by atoms with Crippen LogP contribution in [0.3, 0.4) is 0 Å². The maximum Gasteiger partial charge on any atom is 0.107 e. The van der Waals surface area contributed by atoms with Gasteiger partial charge in [-0.15, -0.1) is 0 Å². The molecule has 0 aliphatic rings. The van der Waals surface area contributed by atoms with Gasteiger partial charge in [0.15, 0.2) is 0 Å². The highest BCUT2D eigenvalue weighted by molar-refractivity contribution is 6.57. The monoisotopic (exact) mass is 316 g/mol. The lowest BCUT2D eigenvalue weighted by molar-refractivity contribution is 1.59. The Hall–Kier alpha value is -0.660. The number of hydrogen-bond donors (Lipinski definition) is 0. The zero-order chi connectivity index (χ0) is 13.1. The molecule has 0 unspecified atom stereocenters. The maximum absolute atomic E-state index is 6.19. The van der Waals surface area contributed by atoms with Gasteiger partial charge in [0.2, 0.25) is 0 Å². The van der Waals surface area contributed by atoms with Gasteiger partial charge in [-0.2, -0.15) is 0 Å². The Morgan fingerprint density at radius 3 is 2.28 bits per heavy atom. The number of hydrogen-bond acceptors (Lipinski definition) is 0. The molecule has 4 heteroatoms. The lowest BCUT2D eigenvalue weighted by atomic mass is 10.00. The summed E-state index contributed by atoms with van der Waals surface area (Å²) in [5.74, 6) is 0. The van der Waals surface area contributed by atoms with Crippen molar-refractivity contribution >= 4 is 52.5 Å². The summed E-state index contributed by atoms with van der Waals surface area (Å²) in [7, 11) is 0. The first-order valence-corrected chi connectivity index (χ1v) is 6.66. The van der Waals surface area contributed by atoms with E-state index in [0.29, 0.717) is 10.0 Å². The molecule has 0 saturated carbocycles. The van der Waals surface area contributed by atoms with Gasteiger partial charge in [0.1, 0.15) is 4.49 Å². The molecule has 0 aromatic heterocycles. The SMILES string of the molecule is ClC(Cl)=Cc1ccc(Cl)cc1-c1ccccc1Cl. The second-order valence-corrected chi connectivity index (χ2v) is 5.50. The van der Waals surface area contributed by atoms with Crippen molar-refractivity contribution in [3.8, 4) is 11.1 Å². The molecule has 0 amide bonds. The largest absolute Gasteiger partial charge is 0.107 e. The van der Waals surface area contributed by atoms with Gasteiger partial charge in [-0.25, -0.2) is 0 Å². The van der Waals surface area contributed by atoms with Crippen LogP contribution in [0, 0.1) is 0 Å². The highest BCUT2D eigenvalue weighted by Crippen LogP contribution is 2.33. The third-order valence-electron chi connectivity index (χ3n) is 2.44. The van der Waals surface area contributed by atoms with Gasteiger partial charge in [0, 0.05) is 15.6 Å². The fraction of sp³-hybridized carbons (Fsp3) is 0. The molecular weight excluding hydrogens is 310 g/mol. The topological polar surface area (TPSA) is 0 Å². The van der Waals surface area contributed by atoms with Crippen molar-refractivity contribution < 1.29 is 0 Å². The molecular formula is C14H8Cl4. The molecule has 0 saturated heterocycles. The Balaban J connectivity index is 2.66. The maximum atomic E-state index is 6.19. The van der Waals surface area contributed by atoms with E-state index in [1.807, 2.05) is 36.4 Å². The van der Waals surface area contributed by atoms with Crippen molar-refractivity contribution in [2.45, 2.75) is 0 Å². The van der Waals surface area contributed by atoms with Gasteiger partial charge >= 0.3 is 0 Å². The molecule has 0 radical (unpaired) electrons. The van der Waals surface area contributed by atoms with Crippen molar-refractivity contribution in [3.63, 3.8) is 0 Å². The fourth-order valence-corrected chi connectivity index (χ4v) is 2.33. The molecule has 2 aromatic rings. The summed E-state index contributed by atoms with van der Waals surface area (Å²) in [6, 6.07) is 13.0. The molecule has 0 aliphatic carbocycles. The van der Waals surface area contributed by atoms with E-state index in [0.717, 1.165) is 16.7 Å². The van der Waals surface area contributed by atoms with Gasteiger partial charge in [0.05, 0.1) is 0 Å². The minimum absolute atomic E-state index is 0.186. The van der Waals surface area contributed by atoms with Crippen LogP contribution in [-0.2, 0) is 0 Å². The van der Waals surface area contributed by atoms with E-state index in [2.05, 4.69) is 0 Å². The summed E-state index contributed by atoms with van der Waals surface area (Å²) in [4.78, 5) is 0. The van der Waals surface area contributed by atoms with Gasteiger partial charge in [-0.05, 0) is 35.4 Å². The second kappa shape index (κ2) is 5.99. The van der Waals surface area contributed by atoms with E-state index in [9.17, 15) is 0 Å². The van der Waals surface area contributed by atoms with Crippen LogP contribution in [0.15, 0.2) is 47.0 Å². The van der Waals surface area contributed by atoms with Crippen LogP contribution in [0.2, 0.25) is 10.0 Å². The molecule has 0 spiro atoms. The summed E-state index contributed by atoms with van der Waals surface area (Å²) in [5, 5.41) is 1.29. The van der Waals surface area contributed by atoms with Gasteiger partial charge in [0.25, 0.3) is 0 Å². The molecule has 0 nitrogen and oxygen atoms in total. The van der Waals surface area contributed by atoms with E-state index < -0.39 is 0 Å². The van der Waals surface area contributed by atoms with Crippen molar-refractivity contribution in [1.82, 2.24) is 0 Å². The Morgan fingerprint density at radius 2 is 1.61 bits per heavy atom. The van der Waals surface area contributed by atoms with Gasteiger partial charge < -0.3 is 0 Å². The number of halogens is 4. The molecule has 0 bridgehead atoms. The summed E-state index contributed by atoms with van der Waals surface area (Å²) in [6.45, 7) is 0. The fourth-order valence-electron chi connectivity index (χ4n) is 1.68. The van der Waals surface area contributed by atoms with Crippen LogP contribution < -0.4 is 0 Å². The van der Waals surface area contributed by atoms with E-state index in [1.54, 1.807) is 12.1 Å². The van der Waals surface area contributed by atoms with E-state index in [1.165, 1.54) is 0 Å². The predicted octanol–water partition coefficient (Wildman–Crippen LogP) is 6.44. The average Bonchev–Trinajstić information content (AvgIpc) is 2.32. The van der Waals surface area contributed by atoms with Crippen LogP contribution >= 0.6 is 46.4 Å². The molecule has 2 aromatic carbocycles. The highest BCUT2D eigenvalue weighted by Gasteiger charge is 2.08. The van der Waals surface area contributed by atoms with Crippen molar-refractivity contribution in [3.05, 3.63) is 62.6 Å². The van der Waals surface area contributed by atoms with E-state index in [-0.39, 0.29) is 4.49 Å². The predicted molar refractivity (Wildman–Crippen MR) is 81.6 cm³/mol. The minimum atomic E-state index is 0.186. The van der Waals surface area contributed by atoms with Crippen LogP contribution in [0.4, 0.5) is 0 Å². The van der Waals surface area contributed by atoms with Crippen LogP contribution in [0.25, 0.3) is 17.2 Å². The van der Waals surface area contributed by atoms with Crippen molar-refractivity contribution in [1.29, 1.82) is 0 Å². The molecule has 0 heterocycles. The summed E-state index contributed by atoms with van der Waals surface area (Å²) < 4.78 is 0.186. The number of benzene rings is 2. The third-order valence-corrected chi connectivity index (χ3v) is 3.23. The standard InChI is InChI=1S/C14H8Cl4/c15-10-6-5-9(7-14(17)18)12(8-10)11-3-1-2-4-13(11)16/h1-8H. The lowest BCUT2D eigenvalue weighted by Crippen LogP contribution is -1.85. The Kier molecular flexibility index (Phi) is 4.58. The highest BCUT2D eigenvalue weighted by atomic mass is 35.5. The number of rotatable bonds is 2. The van der Waals surface area contributed by atoms with E-state index in [4.69, 9.17) is 46.4 Å². The average molecular weight is 318 g/mol. The molecule has 18 heavy (non-hydrogen) atoms. The molecule has 0 N–H and O–H groups in total. The van der Waals surface area contributed by atoms with E-state index >= 15 is 0 Å². The molecule has 0 atom stereocenters. The van der Waals surface area contributed by atoms with Crippen LogP contribution in [-0.4, -0.2) is 0 Å². The normalized spacial score (nSPS) is 10.2. The summed E-state index contributed by atoms with van der Waals surface area (Å²) in [5.41, 5.74) is 2.65. The first-order valence-electron chi connectivity index (χ1n) is 5.15. The second-order valence-electron chi connectivity index (χ2n) is 3.65. The quantitative estimate of drug-likeness (QED) is 0.598. The zero-order valence-electron chi connectivity index (χ0n) is 9.13. The summed E-state index contributed by atoms with van der Waals surface area (Å²) >= 11 is 23.6. The molecule has 0 aliphatic heterocycles. The molecule has 0 fully saturated rings. The van der Waals surface area contributed by atoms with Crippen LogP contribution in [0.1, 0.15) is 5.56 Å². The smallest absolute Gasteiger partial charge is 0.0843 e. The van der Waals surface area contributed by atoms with Crippen LogP contribution in [0.5, 0.6) is 0 Å².